The average Bonchev–Trinajstić information content (AvgIpc) is 3.67. The first-order valence-electron chi connectivity index (χ1n) is 19.1. The number of benzene rings is 4. The third kappa shape index (κ3) is 7.86. The van der Waals surface area contributed by atoms with Crippen molar-refractivity contribution in [2.24, 2.45) is 17.8 Å². The van der Waals surface area contributed by atoms with E-state index < -0.39 is 23.2 Å². The van der Waals surface area contributed by atoms with Crippen molar-refractivity contribution in [1.82, 2.24) is 0 Å². The van der Waals surface area contributed by atoms with Crippen molar-refractivity contribution in [2.45, 2.75) is 58.1 Å². The topological polar surface area (TPSA) is 9.23 Å². The molecule has 0 saturated carbocycles. The molecule has 4 aliphatic carbocycles. The fourth-order valence-electron chi connectivity index (χ4n) is 8.94. The monoisotopic (exact) mass is 750 g/mol. The third-order valence-electron chi connectivity index (χ3n) is 11.3. The van der Waals surface area contributed by atoms with Gasteiger partial charge in [-0.25, -0.2) is 0 Å². The molecule has 7 atom stereocenters. The summed E-state index contributed by atoms with van der Waals surface area (Å²) in [7, 11) is 1.18. The minimum atomic E-state index is -0.830. The first-order valence-corrected chi connectivity index (χ1v) is 23.4. The van der Waals surface area contributed by atoms with Crippen LogP contribution in [0.25, 0.3) is 11.6 Å². The van der Waals surface area contributed by atoms with Gasteiger partial charge in [0.1, 0.15) is 0 Å². The van der Waals surface area contributed by atoms with Gasteiger partial charge in [-0.15, -0.1) is 0 Å². The normalized spacial score (nSPS) is 26.1. The summed E-state index contributed by atoms with van der Waals surface area (Å²) in [4.78, 5) is 0. The van der Waals surface area contributed by atoms with E-state index >= 15 is 0 Å². The summed E-state index contributed by atoms with van der Waals surface area (Å²) >= 11 is -0.830. The van der Waals surface area contributed by atoms with E-state index in [0.29, 0.717) is 23.7 Å². The van der Waals surface area contributed by atoms with Crippen molar-refractivity contribution in [3.05, 3.63) is 179 Å². The average molecular weight is 752 g/mol. The minimum Gasteiger partial charge on any atom is -0.386 e. The van der Waals surface area contributed by atoms with Gasteiger partial charge in [0.25, 0.3) is 0 Å². The van der Waals surface area contributed by atoms with Gasteiger partial charge in [0, 0.05) is 23.1 Å². The van der Waals surface area contributed by atoms with Gasteiger partial charge in [-0.3, -0.25) is 0 Å². The van der Waals surface area contributed by atoms with Gasteiger partial charge in [-0.05, 0) is 6.42 Å². The summed E-state index contributed by atoms with van der Waals surface area (Å²) in [5, 5.41) is 0. The quantitative estimate of drug-likeness (QED) is 0.0679. The zero-order valence-electron chi connectivity index (χ0n) is 29.8. The molecule has 8 rings (SSSR count). The predicted molar refractivity (Wildman–Crippen MR) is 212 cm³/mol. The Labute approximate surface area is 315 Å². The summed E-state index contributed by atoms with van der Waals surface area (Å²) < 4.78 is 6.71. The van der Waals surface area contributed by atoms with E-state index in [1.54, 1.807) is 22.3 Å². The van der Waals surface area contributed by atoms with Gasteiger partial charge >= 0.3 is 270 Å². The van der Waals surface area contributed by atoms with E-state index in [1.807, 2.05) is 0 Å². The summed E-state index contributed by atoms with van der Waals surface area (Å²) in [6.45, 7) is 3.15. The van der Waals surface area contributed by atoms with E-state index in [4.69, 9.17) is 4.74 Å². The van der Waals surface area contributed by atoms with Gasteiger partial charge in [-0.1, -0.05) is 13.3 Å². The first kappa shape index (κ1) is 35.3. The van der Waals surface area contributed by atoms with Crippen molar-refractivity contribution in [3.8, 4) is 0 Å². The van der Waals surface area contributed by atoms with E-state index in [-0.39, 0.29) is 0 Å². The Morgan fingerprint density at radius 2 is 1.36 bits per heavy atom. The Hall–Kier alpha value is -3.10. The van der Waals surface area contributed by atoms with Crippen molar-refractivity contribution >= 4 is 21.9 Å². The number of rotatable bonds is 10. The molecule has 50 heavy (non-hydrogen) atoms. The summed E-state index contributed by atoms with van der Waals surface area (Å²) in [5.41, 5.74) is 10.7. The molecule has 0 heterocycles. The summed E-state index contributed by atoms with van der Waals surface area (Å²) in [6, 6.07) is 40.8. The molecule has 1 nitrogen and oxygen atoms in total. The molecule has 3 heteroatoms. The van der Waals surface area contributed by atoms with Gasteiger partial charge < -0.3 is 4.74 Å². The van der Waals surface area contributed by atoms with Gasteiger partial charge in [0.15, 0.2) is 0 Å². The zero-order chi connectivity index (χ0) is 34.1. The van der Waals surface area contributed by atoms with E-state index in [9.17, 15) is 0 Å². The Bertz CT molecular complexity index is 1800. The largest absolute Gasteiger partial charge is 0.386 e. The fourth-order valence-corrected chi connectivity index (χ4v) is 15.3. The van der Waals surface area contributed by atoms with E-state index in [1.165, 1.54) is 59.0 Å². The molecular weight excluding hydrogens is 700 g/mol. The van der Waals surface area contributed by atoms with Crippen LogP contribution < -0.4 is 0 Å². The molecule has 254 valence electrons. The summed E-state index contributed by atoms with van der Waals surface area (Å²) in [6.07, 6.45) is 24.4. The Kier molecular flexibility index (Phi) is 12.3. The van der Waals surface area contributed by atoms with Crippen molar-refractivity contribution in [2.75, 3.05) is 12.8 Å². The number of unbranched alkanes of at least 4 members (excludes halogenated alkanes) is 1. The van der Waals surface area contributed by atoms with Crippen LogP contribution in [0.3, 0.4) is 0 Å². The summed E-state index contributed by atoms with van der Waals surface area (Å²) in [5.74, 6) is 3.16. The standard InChI is InChI=1S/C29H25.C13H13.C5H14OSi.Zr/c1-3-10-22(11-4-1)12-9-17-27(23-13-5-2-6-14-23)25-18-19-29-26(21-25)20-24-15-7-8-16-28(24)29;1-3-7-12-10(5-1)9-11-6-2-4-8-13(11)12;1-2-3-4-6-5-7;/h1-20,25-26,29H,21H2;1,3-5,7-9,11,13H,2,6H2;2-5H2,1,7H3;. The van der Waals surface area contributed by atoms with E-state index in [2.05, 4.69) is 159 Å². The molecule has 0 spiro atoms. The smallest absolute Gasteiger partial charge is 0.0461 e. The molecule has 0 N–H and O–H groups in total. The fraction of sp³-hybridized carbons (Fsp3) is 0.319. The molecule has 0 aliphatic heterocycles. The first-order chi connectivity index (χ1) is 24.8. The second kappa shape index (κ2) is 17.4. The molecule has 4 aromatic carbocycles. The second-order valence-corrected chi connectivity index (χ2v) is 18.8. The van der Waals surface area contributed by atoms with Crippen molar-refractivity contribution in [1.29, 1.82) is 0 Å². The molecule has 0 aromatic heterocycles. The SMILES string of the molecule is C(=Cc1ccccc1)C=C(c1ccccc1)C1C=CC2c3ccccc3[CH]([Zr][CH]3c4ccccc4C4C=CCCC43)C2C1.CCCCOC[SiH3]. The molecule has 0 amide bonds. The van der Waals surface area contributed by atoms with Crippen LogP contribution in [0.15, 0.2) is 146 Å². The molecule has 4 aromatic rings. The second-order valence-electron chi connectivity index (χ2n) is 14.3. The van der Waals surface area contributed by atoms with Gasteiger partial charge in [0.05, 0.1) is 0 Å². The van der Waals surface area contributed by atoms with Crippen LogP contribution >= 0.6 is 0 Å². The molecule has 0 saturated heterocycles. The number of hydrogen-bond donors (Lipinski definition) is 0. The van der Waals surface area contributed by atoms with Gasteiger partial charge in [-0.2, -0.15) is 0 Å². The van der Waals surface area contributed by atoms with Gasteiger partial charge in [0.2, 0.25) is 0 Å². The maximum Gasteiger partial charge on any atom is 0.0461 e. The molecule has 0 fully saturated rings. The molecule has 0 bridgehead atoms. The van der Waals surface area contributed by atoms with Crippen LogP contribution in [-0.2, 0) is 28.0 Å². The number of fused-ring (bicyclic) bond motifs is 6. The Morgan fingerprint density at radius 1 is 0.740 bits per heavy atom. The predicted octanol–water partition coefficient (Wildman–Crippen LogP) is 10.8. The third-order valence-corrected chi connectivity index (χ3v) is 17.1. The number of hydrogen-bond acceptors (Lipinski definition) is 1. The zero-order valence-corrected chi connectivity index (χ0v) is 34.3. The Balaban J connectivity index is 0.000000510. The van der Waals surface area contributed by atoms with Crippen molar-refractivity contribution in [3.63, 3.8) is 0 Å². The van der Waals surface area contributed by atoms with E-state index in [0.717, 1.165) is 26.0 Å². The van der Waals surface area contributed by atoms with Crippen LogP contribution in [-0.4, -0.2) is 23.1 Å². The van der Waals surface area contributed by atoms with Crippen LogP contribution in [0.5, 0.6) is 0 Å². The number of allylic oxidation sites excluding steroid dienone is 7. The molecule has 0 radical (unpaired) electrons. The maximum absolute atomic E-state index is 5.14. The van der Waals surface area contributed by atoms with Crippen molar-refractivity contribution < 1.29 is 28.0 Å². The minimum absolute atomic E-state index is 0.432. The molecular formula is C47H52OSiZr. The molecule has 4 aliphatic rings. The van der Waals surface area contributed by atoms with Crippen LogP contribution in [0.4, 0.5) is 0 Å². The number of ether oxygens (including phenoxy) is 1. The maximum atomic E-state index is 5.14. The Morgan fingerprint density at radius 3 is 2.04 bits per heavy atom. The van der Waals surface area contributed by atoms with Crippen LogP contribution in [0, 0.1) is 17.8 Å². The van der Waals surface area contributed by atoms with Crippen LogP contribution in [0.2, 0.25) is 0 Å². The molecule has 7 unspecified atom stereocenters. The van der Waals surface area contributed by atoms with Crippen LogP contribution in [0.1, 0.15) is 91.5 Å².